The molecular weight excluding hydrogens is 275 g/mol. The predicted octanol–water partition coefficient (Wildman–Crippen LogP) is 4.11. The van der Waals surface area contributed by atoms with Crippen molar-refractivity contribution in [2.24, 2.45) is 5.92 Å². The Balaban J connectivity index is 2.62. The van der Waals surface area contributed by atoms with E-state index in [0.29, 0.717) is 17.0 Å². The van der Waals surface area contributed by atoms with Crippen LogP contribution in [0.15, 0.2) is 18.2 Å². The Labute approximate surface area is 127 Å². The third-order valence-corrected chi connectivity index (χ3v) is 3.89. The van der Waals surface area contributed by atoms with E-state index in [1.165, 1.54) is 12.1 Å². The summed E-state index contributed by atoms with van der Waals surface area (Å²) in [5.74, 6) is 0.367. The number of hydrogen-bond acceptors (Lipinski definition) is 2. The fourth-order valence-electron chi connectivity index (χ4n) is 2.30. The molecule has 4 heteroatoms. The van der Waals surface area contributed by atoms with Gasteiger partial charge in [-0.05, 0) is 51.1 Å². The van der Waals surface area contributed by atoms with Crippen molar-refractivity contribution in [3.05, 3.63) is 34.6 Å². The molecule has 20 heavy (non-hydrogen) atoms. The van der Waals surface area contributed by atoms with Crippen LogP contribution in [0, 0.1) is 11.7 Å². The molecule has 0 aliphatic heterocycles. The molecule has 114 valence electrons. The Bertz CT molecular complexity index is 421. The van der Waals surface area contributed by atoms with Gasteiger partial charge in [0.1, 0.15) is 5.82 Å². The topological polar surface area (TPSA) is 15.3 Å². The second kappa shape index (κ2) is 7.96. The fraction of sp³-hybridized carbons (Fsp3) is 0.625. The maximum Gasteiger partial charge on any atom is 0.124 e. The van der Waals surface area contributed by atoms with Crippen LogP contribution < -0.4 is 5.32 Å². The van der Waals surface area contributed by atoms with Gasteiger partial charge in [0.05, 0.1) is 0 Å². The molecule has 1 N–H and O–H groups in total. The van der Waals surface area contributed by atoms with Gasteiger partial charge in [-0.25, -0.2) is 4.39 Å². The normalized spacial score (nSPS) is 14.8. The number of hydrogen-bond donors (Lipinski definition) is 1. The highest BCUT2D eigenvalue weighted by Crippen LogP contribution is 2.23. The molecule has 2 unspecified atom stereocenters. The first-order valence-electron chi connectivity index (χ1n) is 7.16. The summed E-state index contributed by atoms with van der Waals surface area (Å²) in [6.07, 6.45) is 1.14. The van der Waals surface area contributed by atoms with Gasteiger partial charge in [-0.2, -0.15) is 0 Å². The van der Waals surface area contributed by atoms with Crippen LogP contribution in [0.25, 0.3) is 0 Å². The highest BCUT2D eigenvalue weighted by Gasteiger charge is 2.16. The molecule has 0 aliphatic carbocycles. The van der Waals surface area contributed by atoms with E-state index < -0.39 is 0 Å². The molecule has 1 aromatic rings. The van der Waals surface area contributed by atoms with Crippen molar-refractivity contribution in [2.75, 3.05) is 20.6 Å². The van der Waals surface area contributed by atoms with Crippen molar-refractivity contribution < 1.29 is 4.39 Å². The molecule has 0 spiro atoms. The summed E-state index contributed by atoms with van der Waals surface area (Å²) in [4.78, 5) is 2.24. The van der Waals surface area contributed by atoms with Crippen LogP contribution >= 0.6 is 11.6 Å². The lowest BCUT2D eigenvalue weighted by Crippen LogP contribution is -2.39. The number of nitrogens with zero attached hydrogens (tertiary/aromatic N) is 1. The van der Waals surface area contributed by atoms with E-state index in [2.05, 4.69) is 45.1 Å². The predicted molar refractivity (Wildman–Crippen MR) is 84.8 cm³/mol. The van der Waals surface area contributed by atoms with Crippen LogP contribution in [0.5, 0.6) is 0 Å². The van der Waals surface area contributed by atoms with Crippen molar-refractivity contribution in [3.8, 4) is 0 Å². The van der Waals surface area contributed by atoms with Crippen molar-refractivity contribution in [2.45, 2.75) is 39.3 Å². The Morgan fingerprint density at radius 2 is 1.90 bits per heavy atom. The average Bonchev–Trinajstić information content (AvgIpc) is 2.33. The lowest BCUT2D eigenvalue weighted by molar-refractivity contribution is 0.242. The zero-order valence-corrected chi connectivity index (χ0v) is 13.8. The molecule has 0 heterocycles. The quantitative estimate of drug-likeness (QED) is 0.815. The Morgan fingerprint density at radius 1 is 1.25 bits per heavy atom. The van der Waals surface area contributed by atoms with Crippen LogP contribution in [0.1, 0.15) is 38.8 Å². The van der Waals surface area contributed by atoms with E-state index in [1.54, 1.807) is 6.07 Å². The third kappa shape index (κ3) is 5.39. The summed E-state index contributed by atoms with van der Waals surface area (Å²) in [7, 11) is 4.20. The molecule has 0 saturated carbocycles. The van der Waals surface area contributed by atoms with Gasteiger partial charge >= 0.3 is 0 Å². The van der Waals surface area contributed by atoms with Gasteiger partial charge in [-0.15, -0.1) is 0 Å². The first-order valence-corrected chi connectivity index (χ1v) is 7.53. The summed E-state index contributed by atoms with van der Waals surface area (Å²) in [5.41, 5.74) is 0.940. The van der Waals surface area contributed by atoms with Crippen LogP contribution in [-0.2, 0) is 0 Å². The van der Waals surface area contributed by atoms with Crippen LogP contribution in [0.3, 0.4) is 0 Å². The first-order chi connectivity index (χ1) is 9.31. The minimum absolute atomic E-state index is 0.109. The summed E-state index contributed by atoms with van der Waals surface area (Å²) in [6, 6.07) is 5.17. The Hall–Kier alpha value is -0.640. The van der Waals surface area contributed by atoms with Crippen molar-refractivity contribution in [1.82, 2.24) is 10.2 Å². The largest absolute Gasteiger partial charge is 0.309 e. The molecule has 1 rings (SSSR count). The molecule has 2 nitrogen and oxygen atoms in total. The number of nitrogens with one attached hydrogen (secondary N) is 1. The number of benzene rings is 1. The maximum atomic E-state index is 13.1. The smallest absolute Gasteiger partial charge is 0.124 e. The Kier molecular flexibility index (Phi) is 6.93. The lowest BCUT2D eigenvalue weighted by atomic mass is 10.0. The summed E-state index contributed by atoms with van der Waals surface area (Å²) in [6.45, 7) is 7.41. The average molecular weight is 301 g/mol. The summed E-state index contributed by atoms with van der Waals surface area (Å²) < 4.78 is 13.1. The third-order valence-electron chi connectivity index (χ3n) is 3.56. The standard InChI is InChI=1S/C16H26ClFN2/c1-11(2)8-14(20(4)5)10-19-12(3)15-7-6-13(18)9-16(15)17/h6-7,9,11-12,14,19H,8,10H2,1-5H3. The molecule has 0 saturated heterocycles. The van der Waals surface area contributed by atoms with Gasteiger partial charge in [-0.1, -0.05) is 31.5 Å². The molecule has 0 radical (unpaired) electrons. The lowest BCUT2D eigenvalue weighted by Gasteiger charge is -2.28. The molecule has 0 aromatic heterocycles. The van der Waals surface area contributed by atoms with E-state index in [1.807, 2.05) is 0 Å². The molecule has 2 atom stereocenters. The van der Waals surface area contributed by atoms with Crippen molar-refractivity contribution >= 4 is 11.6 Å². The van der Waals surface area contributed by atoms with Crippen molar-refractivity contribution in [1.29, 1.82) is 0 Å². The van der Waals surface area contributed by atoms with Gasteiger partial charge in [0.2, 0.25) is 0 Å². The van der Waals surface area contributed by atoms with E-state index in [-0.39, 0.29) is 11.9 Å². The van der Waals surface area contributed by atoms with E-state index in [0.717, 1.165) is 18.5 Å². The van der Waals surface area contributed by atoms with Crippen LogP contribution in [0.4, 0.5) is 4.39 Å². The summed E-state index contributed by atoms with van der Waals surface area (Å²) >= 11 is 6.10. The fourth-order valence-corrected chi connectivity index (χ4v) is 2.63. The monoisotopic (exact) mass is 300 g/mol. The van der Waals surface area contributed by atoms with Gasteiger partial charge < -0.3 is 10.2 Å². The molecule has 1 aromatic carbocycles. The van der Waals surface area contributed by atoms with E-state index in [9.17, 15) is 4.39 Å². The number of halogens is 2. The molecule has 0 fully saturated rings. The van der Waals surface area contributed by atoms with Gasteiger partial charge in [0.15, 0.2) is 0 Å². The molecule has 0 amide bonds. The van der Waals surface area contributed by atoms with E-state index in [4.69, 9.17) is 11.6 Å². The zero-order chi connectivity index (χ0) is 15.3. The number of likely N-dealkylation sites (N-methyl/N-ethyl adjacent to an activating group) is 1. The maximum absolute atomic E-state index is 13.1. The number of rotatable bonds is 7. The van der Waals surface area contributed by atoms with Crippen LogP contribution in [-0.4, -0.2) is 31.6 Å². The molecular formula is C16H26ClFN2. The second-order valence-electron chi connectivity index (χ2n) is 6.04. The molecule has 0 bridgehead atoms. The van der Waals surface area contributed by atoms with Gasteiger partial charge in [-0.3, -0.25) is 0 Å². The van der Waals surface area contributed by atoms with E-state index >= 15 is 0 Å². The minimum Gasteiger partial charge on any atom is -0.309 e. The molecule has 0 aliphatic rings. The minimum atomic E-state index is -0.295. The highest BCUT2D eigenvalue weighted by atomic mass is 35.5. The SMILES string of the molecule is CC(C)CC(CNC(C)c1ccc(F)cc1Cl)N(C)C. The summed E-state index contributed by atoms with van der Waals surface area (Å²) in [5, 5.41) is 3.98. The van der Waals surface area contributed by atoms with Crippen molar-refractivity contribution in [3.63, 3.8) is 0 Å². The first kappa shape index (κ1) is 17.4. The second-order valence-corrected chi connectivity index (χ2v) is 6.45. The van der Waals surface area contributed by atoms with Gasteiger partial charge in [0.25, 0.3) is 0 Å². The highest BCUT2D eigenvalue weighted by molar-refractivity contribution is 6.31. The van der Waals surface area contributed by atoms with Gasteiger partial charge in [0, 0.05) is 23.7 Å². The zero-order valence-electron chi connectivity index (χ0n) is 13.1. The van der Waals surface area contributed by atoms with Crippen LogP contribution in [0.2, 0.25) is 5.02 Å². The Morgan fingerprint density at radius 3 is 2.40 bits per heavy atom.